The molecular weight excluding hydrogens is 323 g/mol. The summed E-state index contributed by atoms with van der Waals surface area (Å²) >= 11 is 12.8. The molecule has 0 amide bonds. The third kappa shape index (κ3) is 2.77. The first kappa shape index (κ1) is 18.3. The van der Waals surface area contributed by atoms with Crippen molar-refractivity contribution in [1.82, 2.24) is 0 Å². The molecule has 2 aliphatic carbocycles. The molecule has 0 saturated carbocycles. The molecule has 0 aromatic heterocycles. The van der Waals surface area contributed by atoms with Crippen LogP contribution in [0.1, 0.15) is 41.5 Å². The van der Waals surface area contributed by atoms with Gasteiger partial charge in [-0.2, -0.15) is 0 Å². The zero-order chi connectivity index (χ0) is 14.5. The van der Waals surface area contributed by atoms with Crippen LogP contribution in [0.25, 0.3) is 0 Å². The smallest absolute Gasteiger partial charge is 0.0279 e. The van der Waals surface area contributed by atoms with Crippen molar-refractivity contribution in [2.24, 2.45) is 17.3 Å². The molecular formula is C17H22Cl2Ti. The Bertz CT molecular complexity index is 499. The van der Waals surface area contributed by atoms with E-state index in [1.165, 1.54) is 22.3 Å². The number of hydrogen-bond donors (Lipinski definition) is 0. The number of allylic oxidation sites excluding steroid dienone is 8. The van der Waals surface area contributed by atoms with Crippen molar-refractivity contribution in [2.45, 2.75) is 41.5 Å². The van der Waals surface area contributed by atoms with Crippen LogP contribution in [-0.2, 0) is 21.7 Å². The van der Waals surface area contributed by atoms with Gasteiger partial charge in [0.05, 0.1) is 0 Å². The third-order valence-corrected chi connectivity index (χ3v) is 5.76. The molecule has 2 rings (SSSR count). The topological polar surface area (TPSA) is 0 Å². The van der Waals surface area contributed by atoms with Gasteiger partial charge >= 0.3 is 0 Å². The average Bonchev–Trinajstić information content (AvgIpc) is 2.75. The Labute approximate surface area is 147 Å². The maximum absolute atomic E-state index is 6.38. The summed E-state index contributed by atoms with van der Waals surface area (Å²) in [4.78, 5) is 0. The third-order valence-electron chi connectivity index (χ3n) is 4.50. The second kappa shape index (κ2) is 6.17. The number of hydrogen-bond acceptors (Lipinski definition) is 0. The normalized spacial score (nSPS) is 26.8. The van der Waals surface area contributed by atoms with Crippen LogP contribution in [-0.4, -0.2) is 0 Å². The molecule has 108 valence electrons. The van der Waals surface area contributed by atoms with Crippen molar-refractivity contribution >= 4 is 23.2 Å². The maximum atomic E-state index is 6.38. The van der Waals surface area contributed by atoms with Gasteiger partial charge in [0.1, 0.15) is 0 Å². The van der Waals surface area contributed by atoms with Crippen molar-refractivity contribution in [3.05, 3.63) is 44.5 Å². The molecule has 2 aliphatic rings. The van der Waals surface area contributed by atoms with Crippen LogP contribution in [0.15, 0.2) is 44.5 Å². The van der Waals surface area contributed by atoms with Gasteiger partial charge in [0.25, 0.3) is 0 Å². The van der Waals surface area contributed by atoms with Gasteiger partial charge in [-0.3, -0.25) is 0 Å². The number of rotatable bonds is 2. The first-order chi connectivity index (χ1) is 8.67. The van der Waals surface area contributed by atoms with E-state index >= 15 is 0 Å². The molecule has 0 fully saturated rings. The van der Waals surface area contributed by atoms with Crippen LogP contribution in [0, 0.1) is 17.3 Å². The fraction of sp³-hybridized carbons (Fsp3) is 0.529. The maximum Gasteiger partial charge on any atom is 0.0279 e. The van der Waals surface area contributed by atoms with Crippen LogP contribution in [0.5, 0.6) is 0 Å². The fourth-order valence-corrected chi connectivity index (χ4v) is 3.67. The second-order valence-corrected chi connectivity index (χ2v) is 7.12. The SMILES string of the molecule is CC1=C(Cl)C(C)C=C1C(C)(C)C1=CC(C)C(Cl)=C1C.[Ti]. The van der Waals surface area contributed by atoms with Crippen molar-refractivity contribution in [3.63, 3.8) is 0 Å². The van der Waals surface area contributed by atoms with Crippen LogP contribution >= 0.6 is 23.2 Å². The average molecular weight is 345 g/mol. The quantitative estimate of drug-likeness (QED) is 0.524. The summed E-state index contributed by atoms with van der Waals surface area (Å²) in [6, 6.07) is 0. The summed E-state index contributed by atoms with van der Waals surface area (Å²) in [6.07, 6.45) is 4.59. The van der Waals surface area contributed by atoms with Gasteiger partial charge in [-0.25, -0.2) is 0 Å². The Morgan fingerprint density at radius 1 is 0.850 bits per heavy atom. The van der Waals surface area contributed by atoms with Crippen LogP contribution in [0.2, 0.25) is 0 Å². The first-order valence-corrected chi connectivity index (χ1v) is 7.61. The van der Waals surface area contributed by atoms with Crippen LogP contribution in [0.4, 0.5) is 0 Å². The molecule has 0 N–H and O–H groups in total. The van der Waals surface area contributed by atoms with Gasteiger partial charge < -0.3 is 0 Å². The molecule has 0 saturated heterocycles. The van der Waals surface area contributed by atoms with Gasteiger partial charge in [-0.15, -0.1) is 0 Å². The largest absolute Gasteiger partial charge is 0.0882 e. The summed E-state index contributed by atoms with van der Waals surface area (Å²) < 4.78 is 0. The monoisotopic (exact) mass is 344 g/mol. The molecule has 0 aliphatic heterocycles. The van der Waals surface area contributed by atoms with E-state index < -0.39 is 0 Å². The van der Waals surface area contributed by atoms with Gasteiger partial charge in [0.15, 0.2) is 0 Å². The van der Waals surface area contributed by atoms with Crippen LogP contribution in [0.3, 0.4) is 0 Å². The molecule has 0 spiro atoms. The van der Waals surface area contributed by atoms with E-state index in [-0.39, 0.29) is 27.1 Å². The number of halogens is 2. The van der Waals surface area contributed by atoms with E-state index in [2.05, 4.69) is 53.7 Å². The zero-order valence-electron chi connectivity index (χ0n) is 13.1. The van der Waals surface area contributed by atoms with E-state index in [9.17, 15) is 0 Å². The van der Waals surface area contributed by atoms with E-state index in [1.54, 1.807) is 0 Å². The Morgan fingerprint density at radius 3 is 1.35 bits per heavy atom. The zero-order valence-corrected chi connectivity index (χ0v) is 16.1. The molecule has 3 heteroatoms. The molecule has 0 heterocycles. The van der Waals surface area contributed by atoms with Crippen molar-refractivity contribution in [2.75, 3.05) is 0 Å². The molecule has 2 unspecified atom stereocenters. The van der Waals surface area contributed by atoms with E-state index in [1.807, 2.05) is 0 Å². The first-order valence-electron chi connectivity index (χ1n) is 6.85. The summed E-state index contributed by atoms with van der Waals surface area (Å²) in [6.45, 7) is 13.1. The van der Waals surface area contributed by atoms with Gasteiger partial charge in [-0.05, 0) is 36.1 Å². The standard InChI is InChI=1S/C17H22Cl2.Ti/c1-9-7-13(11(3)15(9)18)17(5,6)14-8-10(2)16(19)12(14)4;/h7-10H,1-6H3;. The van der Waals surface area contributed by atoms with E-state index in [4.69, 9.17) is 23.2 Å². The van der Waals surface area contributed by atoms with Crippen molar-refractivity contribution in [3.8, 4) is 0 Å². The molecule has 0 bridgehead atoms. The molecule has 0 aromatic rings. The molecule has 0 radical (unpaired) electrons. The van der Waals surface area contributed by atoms with Crippen LogP contribution < -0.4 is 0 Å². The predicted molar refractivity (Wildman–Crippen MR) is 85.4 cm³/mol. The van der Waals surface area contributed by atoms with Crippen molar-refractivity contribution in [1.29, 1.82) is 0 Å². The predicted octanol–water partition coefficient (Wildman–Crippen LogP) is 6.19. The van der Waals surface area contributed by atoms with E-state index in [0.717, 1.165) is 10.1 Å². The Morgan fingerprint density at radius 2 is 1.15 bits per heavy atom. The second-order valence-electron chi connectivity index (χ2n) is 6.31. The van der Waals surface area contributed by atoms with Gasteiger partial charge in [0.2, 0.25) is 0 Å². The summed E-state index contributed by atoms with van der Waals surface area (Å²) in [7, 11) is 0. The molecule has 0 nitrogen and oxygen atoms in total. The summed E-state index contributed by atoms with van der Waals surface area (Å²) in [5, 5.41) is 1.95. The molecule has 2 atom stereocenters. The van der Waals surface area contributed by atoms with Gasteiger partial charge in [-0.1, -0.05) is 63.0 Å². The van der Waals surface area contributed by atoms with Crippen molar-refractivity contribution < 1.29 is 21.7 Å². The Kier molecular flexibility index (Phi) is 5.64. The van der Waals surface area contributed by atoms with E-state index in [0.29, 0.717) is 11.8 Å². The summed E-state index contributed by atoms with van der Waals surface area (Å²) in [5.41, 5.74) is 5.10. The summed E-state index contributed by atoms with van der Waals surface area (Å²) in [5.74, 6) is 0.658. The minimum atomic E-state index is -0.0377. The Hall–Kier alpha value is 0.254. The minimum absolute atomic E-state index is 0. The Balaban J connectivity index is 0.00000200. The fourth-order valence-electron chi connectivity index (χ4n) is 3.34. The van der Waals surface area contributed by atoms with Gasteiger partial charge in [0, 0.05) is 49.0 Å². The minimum Gasteiger partial charge on any atom is -0.0882 e. The molecule has 0 aromatic carbocycles. The molecule has 20 heavy (non-hydrogen) atoms.